The van der Waals surface area contributed by atoms with Crippen molar-refractivity contribution < 1.29 is 4.79 Å². The minimum atomic E-state index is -0.258. The minimum Gasteiger partial charge on any atom is -0.369 e. The van der Waals surface area contributed by atoms with Crippen molar-refractivity contribution in [2.45, 2.75) is 31.8 Å². The van der Waals surface area contributed by atoms with E-state index in [0.29, 0.717) is 5.15 Å². The molecule has 0 fully saturated rings. The summed E-state index contributed by atoms with van der Waals surface area (Å²) in [7, 11) is 0. The van der Waals surface area contributed by atoms with Gasteiger partial charge in [-0.1, -0.05) is 29.8 Å². The molecule has 1 aliphatic heterocycles. The second-order valence-electron chi connectivity index (χ2n) is 5.71. The highest BCUT2D eigenvalue weighted by atomic mass is 35.5. The lowest BCUT2D eigenvalue weighted by molar-refractivity contribution is -0.119. The van der Waals surface area contributed by atoms with Gasteiger partial charge in [-0.25, -0.2) is 4.98 Å². The molecule has 2 heterocycles. The maximum absolute atomic E-state index is 11.8. The molecular weight excluding hydrogens is 298 g/mol. The first kappa shape index (κ1) is 14.9. The normalized spacial score (nSPS) is 20.5. The summed E-state index contributed by atoms with van der Waals surface area (Å²) < 4.78 is 0. The second kappa shape index (κ2) is 5.97. The molecule has 5 heteroatoms. The number of para-hydroxylation sites is 1. The zero-order chi connectivity index (χ0) is 15.7. The fourth-order valence-corrected chi connectivity index (χ4v) is 3.32. The maximum atomic E-state index is 11.8. The number of amides is 1. The summed E-state index contributed by atoms with van der Waals surface area (Å²) in [6.07, 6.45) is 2.44. The van der Waals surface area contributed by atoms with Crippen LogP contribution in [0.15, 0.2) is 42.6 Å². The lowest BCUT2D eigenvalue weighted by Gasteiger charge is -2.40. The van der Waals surface area contributed by atoms with Crippen LogP contribution < -0.4 is 10.6 Å². The molecule has 22 heavy (non-hydrogen) atoms. The van der Waals surface area contributed by atoms with Crippen LogP contribution in [-0.4, -0.2) is 16.9 Å². The molecule has 0 aliphatic carbocycles. The van der Waals surface area contributed by atoms with E-state index in [9.17, 15) is 4.79 Å². The van der Waals surface area contributed by atoms with E-state index < -0.39 is 0 Å². The molecule has 0 bridgehead atoms. The Morgan fingerprint density at radius 1 is 1.41 bits per heavy atom. The van der Waals surface area contributed by atoms with Gasteiger partial charge in [0, 0.05) is 24.5 Å². The molecule has 0 saturated carbocycles. The maximum Gasteiger partial charge on any atom is 0.225 e. The molecule has 2 N–H and O–H groups in total. The van der Waals surface area contributed by atoms with Gasteiger partial charge in [0.25, 0.3) is 0 Å². The van der Waals surface area contributed by atoms with Gasteiger partial charge in [0.1, 0.15) is 5.15 Å². The quantitative estimate of drug-likeness (QED) is 0.885. The topological polar surface area (TPSA) is 59.2 Å². The number of rotatable bonds is 3. The summed E-state index contributed by atoms with van der Waals surface area (Å²) in [5.41, 5.74) is 8.75. The number of benzene rings is 1. The van der Waals surface area contributed by atoms with Gasteiger partial charge in [-0.05, 0) is 42.7 Å². The van der Waals surface area contributed by atoms with Gasteiger partial charge in [-0.15, -0.1) is 0 Å². The Kier molecular flexibility index (Phi) is 4.03. The first-order valence-corrected chi connectivity index (χ1v) is 7.69. The molecular formula is C17H18ClN3O. The number of halogens is 1. The molecule has 4 nitrogen and oxygen atoms in total. The van der Waals surface area contributed by atoms with E-state index in [1.165, 1.54) is 0 Å². The van der Waals surface area contributed by atoms with Crippen LogP contribution in [0.25, 0.3) is 0 Å². The van der Waals surface area contributed by atoms with Crippen LogP contribution in [-0.2, 0) is 11.3 Å². The van der Waals surface area contributed by atoms with Gasteiger partial charge in [-0.3, -0.25) is 4.79 Å². The molecule has 1 aliphatic rings. The first-order chi connectivity index (χ1) is 10.6. The van der Waals surface area contributed by atoms with Crippen molar-refractivity contribution in [3.8, 4) is 0 Å². The molecule has 0 spiro atoms. The lowest BCUT2D eigenvalue weighted by atomic mass is 9.85. The van der Waals surface area contributed by atoms with Gasteiger partial charge < -0.3 is 10.6 Å². The van der Waals surface area contributed by atoms with Gasteiger partial charge in [0.05, 0.1) is 5.92 Å². The number of nitrogens with two attached hydrogens (primary N) is 1. The van der Waals surface area contributed by atoms with Crippen LogP contribution in [0, 0.1) is 0 Å². The van der Waals surface area contributed by atoms with Crippen molar-refractivity contribution in [3.63, 3.8) is 0 Å². The third kappa shape index (κ3) is 2.79. The van der Waals surface area contributed by atoms with Crippen molar-refractivity contribution in [1.82, 2.24) is 4.98 Å². The van der Waals surface area contributed by atoms with Crippen LogP contribution in [0.5, 0.6) is 0 Å². The summed E-state index contributed by atoms with van der Waals surface area (Å²) >= 11 is 5.97. The zero-order valence-electron chi connectivity index (χ0n) is 12.4. The van der Waals surface area contributed by atoms with E-state index in [2.05, 4.69) is 16.8 Å². The smallest absolute Gasteiger partial charge is 0.225 e. The highest BCUT2D eigenvalue weighted by Gasteiger charge is 2.32. The number of primary amides is 1. The van der Waals surface area contributed by atoms with Crippen LogP contribution >= 0.6 is 11.6 Å². The molecule has 0 radical (unpaired) electrons. The first-order valence-electron chi connectivity index (χ1n) is 7.31. The summed E-state index contributed by atoms with van der Waals surface area (Å²) in [6.45, 7) is 2.85. The number of fused-ring (bicyclic) bond motifs is 1. The Bertz CT molecular complexity index is 704. The third-order valence-corrected chi connectivity index (χ3v) is 4.42. The Balaban J connectivity index is 1.97. The van der Waals surface area contributed by atoms with Crippen LogP contribution in [0.4, 0.5) is 5.69 Å². The monoisotopic (exact) mass is 315 g/mol. The fourth-order valence-electron chi connectivity index (χ4n) is 3.12. The van der Waals surface area contributed by atoms with E-state index in [-0.39, 0.29) is 17.9 Å². The van der Waals surface area contributed by atoms with Crippen LogP contribution in [0.1, 0.15) is 30.4 Å². The predicted molar refractivity (Wildman–Crippen MR) is 87.9 cm³/mol. The average Bonchev–Trinajstić information content (AvgIpc) is 2.49. The molecule has 1 aromatic carbocycles. The third-order valence-electron chi connectivity index (χ3n) is 4.22. The summed E-state index contributed by atoms with van der Waals surface area (Å²) in [5.74, 6) is -0.477. The molecule has 0 unspecified atom stereocenters. The average molecular weight is 316 g/mol. The number of pyridine rings is 1. The second-order valence-corrected chi connectivity index (χ2v) is 6.10. The number of hydrogen-bond acceptors (Lipinski definition) is 3. The molecule has 2 atom stereocenters. The highest BCUT2D eigenvalue weighted by Crippen LogP contribution is 2.38. The lowest BCUT2D eigenvalue weighted by Crippen LogP contribution is -2.41. The number of carbonyl (C=O) groups is 1. The van der Waals surface area contributed by atoms with Crippen molar-refractivity contribution in [1.29, 1.82) is 0 Å². The molecule has 2 aromatic rings. The van der Waals surface area contributed by atoms with Gasteiger partial charge >= 0.3 is 0 Å². The molecule has 114 valence electrons. The number of hydrogen-bond donors (Lipinski definition) is 1. The number of aromatic nitrogens is 1. The summed E-state index contributed by atoms with van der Waals surface area (Å²) in [5, 5.41) is 0.491. The van der Waals surface area contributed by atoms with Crippen molar-refractivity contribution in [3.05, 3.63) is 58.9 Å². The van der Waals surface area contributed by atoms with E-state index in [1.807, 2.05) is 36.4 Å². The van der Waals surface area contributed by atoms with E-state index in [1.54, 1.807) is 6.20 Å². The van der Waals surface area contributed by atoms with E-state index in [4.69, 9.17) is 17.3 Å². The fraction of sp³-hybridized carbons (Fsp3) is 0.294. The predicted octanol–water partition coefficient (Wildman–Crippen LogP) is 3.10. The SMILES string of the molecule is C[C@@H]1C[C@@H](C(N)=O)c2ccccc2N1Cc1ccnc(Cl)c1. The van der Waals surface area contributed by atoms with Gasteiger partial charge in [0.15, 0.2) is 0 Å². The molecule has 3 rings (SSSR count). The Labute approximate surface area is 134 Å². The Morgan fingerprint density at radius 3 is 2.91 bits per heavy atom. The zero-order valence-corrected chi connectivity index (χ0v) is 13.1. The molecule has 0 saturated heterocycles. The largest absolute Gasteiger partial charge is 0.369 e. The van der Waals surface area contributed by atoms with E-state index in [0.717, 1.165) is 29.8 Å². The standard InChI is InChI=1S/C17H18ClN3O/c1-11-8-14(17(19)22)13-4-2-3-5-15(13)21(11)10-12-6-7-20-16(18)9-12/h2-7,9,11,14H,8,10H2,1H3,(H2,19,22)/t11-,14-/m1/s1. The van der Waals surface area contributed by atoms with Gasteiger partial charge in [0.2, 0.25) is 5.91 Å². The van der Waals surface area contributed by atoms with Crippen LogP contribution in [0.2, 0.25) is 5.15 Å². The van der Waals surface area contributed by atoms with Crippen molar-refractivity contribution >= 4 is 23.2 Å². The Morgan fingerprint density at radius 2 is 2.18 bits per heavy atom. The number of anilines is 1. The van der Waals surface area contributed by atoms with Crippen molar-refractivity contribution in [2.24, 2.45) is 5.73 Å². The number of carbonyl (C=O) groups excluding carboxylic acids is 1. The Hall–Kier alpha value is -2.07. The van der Waals surface area contributed by atoms with Gasteiger partial charge in [-0.2, -0.15) is 0 Å². The van der Waals surface area contributed by atoms with E-state index >= 15 is 0 Å². The number of nitrogens with zero attached hydrogens (tertiary/aromatic N) is 2. The molecule has 1 amide bonds. The summed E-state index contributed by atoms with van der Waals surface area (Å²) in [6, 6.07) is 12.0. The molecule has 1 aromatic heterocycles. The van der Waals surface area contributed by atoms with Crippen molar-refractivity contribution in [2.75, 3.05) is 4.90 Å². The minimum absolute atomic E-state index is 0.219. The highest BCUT2D eigenvalue weighted by molar-refractivity contribution is 6.29. The summed E-state index contributed by atoms with van der Waals surface area (Å²) in [4.78, 5) is 18.1. The van der Waals surface area contributed by atoms with Crippen LogP contribution in [0.3, 0.4) is 0 Å².